The van der Waals surface area contributed by atoms with Gasteiger partial charge >= 0.3 is 0 Å². The van der Waals surface area contributed by atoms with Gasteiger partial charge in [-0.1, -0.05) is 44.8 Å². The van der Waals surface area contributed by atoms with E-state index in [0.717, 1.165) is 14.5 Å². The lowest BCUT2D eigenvalue weighted by molar-refractivity contribution is 0.506. The van der Waals surface area contributed by atoms with Crippen molar-refractivity contribution in [3.63, 3.8) is 0 Å². The fourth-order valence-electron chi connectivity index (χ4n) is 2.28. The summed E-state index contributed by atoms with van der Waals surface area (Å²) in [5.74, 6) is -1.04. The van der Waals surface area contributed by atoms with E-state index in [1.807, 2.05) is 25.1 Å². The minimum atomic E-state index is -0.542. The van der Waals surface area contributed by atoms with E-state index < -0.39 is 17.7 Å². The molecule has 2 rings (SSSR count). The lowest BCUT2D eigenvalue weighted by Crippen LogP contribution is -2.24. The van der Waals surface area contributed by atoms with Crippen LogP contribution in [0.2, 0.25) is 0 Å². The normalized spacial score (nSPS) is 12.5. The van der Waals surface area contributed by atoms with Crippen LogP contribution in [0.5, 0.6) is 0 Å². The van der Waals surface area contributed by atoms with Crippen LogP contribution in [0.4, 0.5) is 8.78 Å². The lowest BCUT2D eigenvalue weighted by atomic mass is 9.96. The summed E-state index contributed by atoms with van der Waals surface area (Å²) in [4.78, 5) is 0. The number of aryl methyl sites for hydroxylation is 1. The van der Waals surface area contributed by atoms with E-state index in [2.05, 4.69) is 37.2 Å². The average molecular weight is 419 g/mol. The molecule has 1 unspecified atom stereocenters. The molecule has 0 fully saturated rings. The third kappa shape index (κ3) is 3.71. The average Bonchev–Trinajstić information content (AvgIpc) is 2.41. The third-order valence-corrected chi connectivity index (χ3v) is 4.15. The third-order valence-electron chi connectivity index (χ3n) is 3.23. The molecular formula is C16H15Br2F2N. The summed E-state index contributed by atoms with van der Waals surface area (Å²) in [5.41, 5.74) is 1.28. The van der Waals surface area contributed by atoms with Crippen molar-refractivity contribution >= 4 is 31.9 Å². The van der Waals surface area contributed by atoms with Crippen molar-refractivity contribution in [3.8, 4) is 0 Å². The minimum absolute atomic E-state index is 0.0573. The Bertz CT molecular complexity index is 639. The molecular weight excluding hydrogens is 404 g/mol. The summed E-state index contributed by atoms with van der Waals surface area (Å²) in [5, 5.41) is 3.16. The number of halogens is 4. The van der Waals surface area contributed by atoms with Crippen LogP contribution in [-0.4, -0.2) is 6.54 Å². The Hall–Kier alpha value is -0.780. The Morgan fingerprint density at radius 3 is 2.29 bits per heavy atom. The Morgan fingerprint density at radius 2 is 1.71 bits per heavy atom. The summed E-state index contributed by atoms with van der Waals surface area (Å²) in [7, 11) is 0. The van der Waals surface area contributed by atoms with Crippen molar-refractivity contribution in [1.29, 1.82) is 0 Å². The number of nitrogens with one attached hydrogen (secondary N) is 1. The maximum atomic E-state index is 14.4. The SMILES string of the molecule is CCNC(c1cc(Br)cc(Br)c1)c1c(F)ccc(C)c1F. The van der Waals surface area contributed by atoms with Gasteiger partial charge in [0.05, 0.1) is 6.04 Å². The van der Waals surface area contributed by atoms with E-state index in [1.165, 1.54) is 12.1 Å². The molecule has 0 saturated carbocycles. The molecule has 0 aliphatic carbocycles. The van der Waals surface area contributed by atoms with Gasteiger partial charge in [0, 0.05) is 14.5 Å². The van der Waals surface area contributed by atoms with Gasteiger partial charge in [-0.2, -0.15) is 0 Å². The summed E-state index contributed by atoms with van der Waals surface area (Å²) in [6, 6.07) is 7.83. The highest BCUT2D eigenvalue weighted by molar-refractivity contribution is 9.11. The molecule has 0 aliphatic rings. The van der Waals surface area contributed by atoms with Crippen molar-refractivity contribution in [2.45, 2.75) is 19.9 Å². The maximum Gasteiger partial charge on any atom is 0.134 e. The highest BCUT2D eigenvalue weighted by Crippen LogP contribution is 2.32. The molecule has 0 aliphatic heterocycles. The molecule has 2 aromatic rings. The zero-order valence-electron chi connectivity index (χ0n) is 11.7. The van der Waals surface area contributed by atoms with Crippen LogP contribution in [-0.2, 0) is 0 Å². The van der Waals surface area contributed by atoms with Gasteiger partial charge in [-0.05, 0) is 48.9 Å². The van der Waals surface area contributed by atoms with Crippen molar-refractivity contribution in [3.05, 3.63) is 67.6 Å². The molecule has 1 atom stereocenters. The van der Waals surface area contributed by atoms with E-state index in [1.54, 1.807) is 6.92 Å². The van der Waals surface area contributed by atoms with Gasteiger partial charge in [0.1, 0.15) is 11.6 Å². The zero-order valence-corrected chi connectivity index (χ0v) is 14.9. The van der Waals surface area contributed by atoms with Crippen molar-refractivity contribution in [2.75, 3.05) is 6.54 Å². The Labute approximate surface area is 140 Å². The first-order valence-electron chi connectivity index (χ1n) is 6.58. The molecule has 0 heterocycles. The van der Waals surface area contributed by atoms with E-state index in [9.17, 15) is 8.78 Å². The number of rotatable bonds is 4. The maximum absolute atomic E-state index is 14.4. The zero-order chi connectivity index (χ0) is 15.6. The molecule has 0 spiro atoms. The van der Waals surface area contributed by atoms with Crippen LogP contribution < -0.4 is 5.32 Å². The molecule has 0 radical (unpaired) electrons. The van der Waals surface area contributed by atoms with Crippen LogP contribution in [0.1, 0.15) is 29.7 Å². The van der Waals surface area contributed by atoms with Crippen molar-refractivity contribution in [1.82, 2.24) is 5.32 Å². The molecule has 2 aromatic carbocycles. The second-order valence-electron chi connectivity index (χ2n) is 4.79. The van der Waals surface area contributed by atoms with Crippen LogP contribution >= 0.6 is 31.9 Å². The number of hydrogen-bond acceptors (Lipinski definition) is 1. The van der Waals surface area contributed by atoms with E-state index in [0.29, 0.717) is 12.1 Å². The summed E-state index contributed by atoms with van der Waals surface area (Å²) < 4.78 is 30.3. The van der Waals surface area contributed by atoms with Gasteiger partial charge in [0.2, 0.25) is 0 Å². The fraction of sp³-hybridized carbons (Fsp3) is 0.250. The van der Waals surface area contributed by atoms with Crippen molar-refractivity contribution in [2.24, 2.45) is 0 Å². The molecule has 0 bridgehead atoms. The highest BCUT2D eigenvalue weighted by Gasteiger charge is 2.23. The first-order chi connectivity index (χ1) is 9.93. The summed E-state index contributed by atoms with van der Waals surface area (Å²) >= 11 is 6.82. The minimum Gasteiger partial charge on any atom is -0.306 e. The second-order valence-corrected chi connectivity index (χ2v) is 6.62. The molecule has 1 N–H and O–H groups in total. The first-order valence-corrected chi connectivity index (χ1v) is 8.16. The van der Waals surface area contributed by atoms with Gasteiger partial charge < -0.3 is 5.32 Å². The molecule has 112 valence electrons. The molecule has 21 heavy (non-hydrogen) atoms. The largest absolute Gasteiger partial charge is 0.306 e. The lowest BCUT2D eigenvalue weighted by Gasteiger charge is -2.21. The number of hydrogen-bond donors (Lipinski definition) is 1. The summed E-state index contributed by atoms with van der Waals surface area (Å²) in [6.07, 6.45) is 0. The highest BCUT2D eigenvalue weighted by atomic mass is 79.9. The van der Waals surface area contributed by atoms with E-state index >= 15 is 0 Å². The standard InChI is InChI=1S/C16H15Br2F2N/c1-3-21-16(10-6-11(17)8-12(18)7-10)14-13(19)5-4-9(2)15(14)20/h4-8,16,21H,3H2,1-2H3. The summed E-state index contributed by atoms with van der Waals surface area (Å²) in [6.45, 7) is 4.14. The van der Waals surface area contributed by atoms with Crippen LogP contribution in [0, 0.1) is 18.6 Å². The van der Waals surface area contributed by atoms with Gasteiger partial charge in [-0.15, -0.1) is 0 Å². The predicted octanol–water partition coefficient (Wildman–Crippen LogP) is 5.50. The molecule has 5 heteroatoms. The Kier molecular flexibility index (Phi) is 5.52. The van der Waals surface area contributed by atoms with E-state index in [-0.39, 0.29) is 5.56 Å². The van der Waals surface area contributed by atoms with Crippen LogP contribution in [0.15, 0.2) is 39.3 Å². The van der Waals surface area contributed by atoms with Crippen LogP contribution in [0.25, 0.3) is 0 Å². The van der Waals surface area contributed by atoms with Crippen LogP contribution in [0.3, 0.4) is 0 Å². The van der Waals surface area contributed by atoms with Gasteiger partial charge in [-0.25, -0.2) is 8.78 Å². The molecule has 0 amide bonds. The Morgan fingerprint density at radius 1 is 1.10 bits per heavy atom. The molecule has 0 aromatic heterocycles. The molecule has 1 nitrogen and oxygen atoms in total. The molecule has 0 saturated heterocycles. The topological polar surface area (TPSA) is 12.0 Å². The second kappa shape index (κ2) is 6.99. The van der Waals surface area contributed by atoms with Gasteiger partial charge in [0.25, 0.3) is 0 Å². The smallest absolute Gasteiger partial charge is 0.134 e. The first kappa shape index (κ1) is 16.6. The van der Waals surface area contributed by atoms with E-state index in [4.69, 9.17) is 0 Å². The Balaban J connectivity index is 2.61. The van der Waals surface area contributed by atoms with Gasteiger partial charge in [0.15, 0.2) is 0 Å². The monoisotopic (exact) mass is 417 g/mol. The van der Waals surface area contributed by atoms with Crippen molar-refractivity contribution < 1.29 is 8.78 Å². The van der Waals surface area contributed by atoms with Gasteiger partial charge in [-0.3, -0.25) is 0 Å². The number of benzene rings is 2. The quantitative estimate of drug-likeness (QED) is 0.691. The fourth-order valence-corrected chi connectivity index (χ4v) is 3.60. The predicted molar refractivity (Wildman–Crippen MR) is 88.5 cm³/mol.